The summed E-state index contributed by atoms with van der Waals surface area (Å²) < 4.78 is 28.8. The first-order valence-corrected chi connectivity index (χ1v) is 8.19. The molecule has 0 aliphatic carbocycles. The fraction of sp³-hybridized carbons (Fsp3) is 1.00. The fourth-order valence-corrected chi connectivity index (χ4v) is 3.21. The maximum atomic E-state index is 12.1. The van der Waals surface area contributed by atoms with Gasteiger partial charge in [0.05, 0.1) is 6.61 Å². The number of hydrogen-bond acceptors (Lipinski definition) is 4. The molecule has 110 valence electrons. The summed E-state index contributed by atoms with van der Waals surface area (Å²) in [4.78, 5) is 0. The number of rotatable bonds is 11. The summed E-state index contributed by atoms with van der Waals surface area (Å²) in [7, 11) is -0.325. The zero-order valence-electron chi connectivity index (χ0n) is 10.7. The van der Waals surface area contributed by atoms with E-state index in [2.05, 4.69) is 0 Å². The minimum absolute atomic E-state index is 0.168. The maximum absolute atomic E-state index is 12.1. The van der Waals surface area contributed by atoms with Crippen molar-refractivity contribution in [1.82, 2.24) is 4.67 Å². The lowest BCUT2D eigenvalue weighted by Gasteiger charge is -2.26. The molecule has 0 aromatic carbocycles. The van der Waals surface area contributed by atoms with E-state index >= 15 is 0 Å². The van der Waals surface area contributed by atoms with Gasteiger partial charge >= 0.3 is 7.67 Å². The fourth-order valence-electron chi connectivity index (χ4n) is 1.28. The van der Waals surface area contributed by atoms with Crippen LogP contribution in [0.4, 0.5) is 0 Å². The van der Waals surface area contributed by atoms with Crippen molar-refractivity contribution >= 4 is 30.9 Å². The van der Waals surface area contributed by atoms with E-state index in [1.807, 2.05) is 0 Å². The van der Waals surface area contributed by atoms with Crippen LogP contribution in [0.1, 0.15) is 6.42 Å². The summed E-state index contributed by atoms with van der Waals surface area (Å²) in [6.07, 6.45) is 0.0311. The second-order valence-electron chi connectivity index (χ2n) is 3.42. The van der Waals surface area contributed by atoms with Crippen molar-refractivity contribution in [3.05, 3.63) is 0 Å². The van der Waals surface area contributed by atoms with Crippen LogP contribution in [0.15, 0.2) is 0 Å². The van der Waals surface area contributed by atoms with Crippen LogP contribution in [0.3, 0.4) is 0 Å². The quantitative estimate of drug-likeness (QED) is 0.355. The zero-order chi connectivity index (χ0) is 14.0. The van der Waals surface area contributed by atoms with Crippen LogP contribution in [0, 0.1) is 0 Å². The van der Waals surface area contributed by atoms with Crippen LogP contribution < -0.4 is 5.50 Å². The average molecular weight is 323 g/mol. The number of hydrogen-bond donors (Lipinski definition) is 1. The topological polar surface area (TPSA) is 74.0 Å². The molecule has 0 aliphatic rings. The summed E-state index contributed by atoms with van der Waals surface area (Å²) in [6, 6.07) is 0. The van der Waals surface area contributed by atoms with E-state index in [0.29, 0.717) is 31.3 Å². The van der Waals surface area contributed by atoms with Gasteiger partial charge in [-0.25, -0.2) is 10.2 Å². The first-order chi connectivity index (χ1) is 8.51. The van der Waals surface area contributed by atoms with E-state index in [4.69, 9.17) is 42.7 Å². The van der Waals surface area contributed by atoms with Crippen LogP contribution >= 0.6 is 30.9 Å². The Hall–Kier alpha value is 0.610. The Kier molecular flexibility index (Phi) is 10.8. The van der Waals surface area contributed by atoms with Gasteiger partial charge in [-0.1, -0.05) is 0 Å². The van der Waals surface area contributed by atoms with Crippen LogP contribution in [0.5, 0.6) is 0 Å². The molecule has 0 saturated carbocycles. The molecular weight excluding hydrogens is 302 g/mol. The summed E-state index contributed by atoms with van der Waals surface area (Å²) in [5.41, 5.74) is 5.66. The molecular formula is C9H21Cl2N2O4P. The normalized spacial score (nSPS) is 15.3. The first-order valence-electron chi connectivity index (χ1n) is 5.48. The standard InChI is InChI=1S/C9H21Cl2N2O4P/c1-15-9(16-2)3-8-17-18(12,14)13(6-4-10)7-5-11/h9H,3-8H2,1-2H3,(H2,12,14)/t18-/m0/s1. The Labute approximate surface area is 118 Å². The minimum Gasteiger partial charge on any atom is -0.356 e. The number of ether oxygens (including phenoxy) is 2. The zero-order valence-corrected chi connectivity index (χ0v) is 13.1. The molecule has 0 aliphatic heterocycles. The second-order valence-corrected chi connectivity index (χ2v) is 6.13. The smallest absolute Gasteiger partial charge is 0.340 e. The molecule has 0 aromatic rings. The summed E-state index contributed by atoms with van der Waals surface area (Å²) >= 11 is 11.2. The van der Waals surface area contributed by atoms with Gasteiger partial charge in [0, 0.05) is 45.5 Å². The molecule has 0 unspecified atom stereocenters. The SMILES string of the molecule is COC(CCO[P@](N)(=O)N(CCCl)CCCl)OC. The molecule has 0 saturated heterocycles. The lowest BCUT2D eigenvalue weighted by molar-refractivity contribution is -0.110. The molecule has 0 spiro atoms. The van der Waals surface area contributed by atoms with E-state index < -0.39 is 14.0 Å². The number of alkyl halides is 2. The molecule has 0 radical (unpaired) electrons. The van der Waals surface area contributed by atoms with Crippen LogP contribution in [-0.2, 0) is 18.6 Å². The van der Waals surface area contributed by atoms with Crippen molar-refractivity contribution in [2.24, 2.45) is 5.50 Å². The third-order valence-corrected chi connectivity index (χ3v) is 4.31. The molecule has 0 bridgehead atoms. The predicted molar refractivity (Wildman–Crippen MR) is 73.2 cm³/mol. The lowest BCUT2D eigenvalue weighted by Crippen LogP contribution is -2.30. The monoisotopic (exact) mass is 322 g/mol. The van der Waals surface area contributed by atoms with Gasteiger partial charge in [-0.05, 0) is 0 Å². The molecule has 0 amide bonds. The summed E-state index contributed by atoms with van der Waals surface area (Å²) in [5.74, 6) is 0.612. The first kappa shape index (κ1) is 18.6. The van der Waals surface area contributed by atoms with Gasteiger partial charge in [0.2, 0.25) is 0 Å². The molecule has 0 fully saturated rings. The van der Waals surface area contributed by atoms with Crippen molar-refractivity contribution in [2.45, 2.75) is 12.7 Å². The Morgan fingerprint density at radius 1 is 1.22 bits per heavy atom. The van der Waals surface area contributed by atoms with Crippen molar-refractivity contribution in [1.29, 1.82) is 0 Å². The highest BCUT2D eigenvalue weighted by atomic mass is 35.5. The summed E-state index contributed by atoms with van der Waals surface area (Å²) in [5, 5.41) is 0. The van der Waals surface area contributed by atoms with Gasteiger partial charge in [-0.15, -0.1) is 23.2 Å². The molecule has 0 aromatic heterocycles. The molecule has 1 atom stereocenters. The number of nitrogens with zero attached hydrogens (tertiary/aromatic N) is 1. The molecule has 0 heterocycles. The van der Waals surface area contributed by atoms with Gasteiger partial charge < -0.3 is 14.0 Å². The largest absolute Gasteiger partial charge is 0.356 e. The molecule has 6 nitrogen and oxygen atoms in total. The van der Waals surface area contributed by atoms with Gasteiger partial charge in [0.15, 0.2) is 6.29 Å². The third kappa shape index (κ3) is 7.26. The highest BCUT2D eigenvalue weighted by molar-refractivity contribution is 7.53. The lowest BCUT2D eigenvalue weighted by atomic mass is 10.4. The number of halogens is 2. The maximum Gasteiger partial charge on any atom is 0.340 e. The molecule has 18 heavy (non-hydrogen) atoms. The summed E-state index contributed by atoms with van der Waals surface area (Å²) in [6.45, 7) is 0.890. The Bertz CT molecular complexity index is 251. The highest BCUT2D eigenvalue weighted by Crippen LogP contribution is 2.42. The van der Waals surface area contributed by atoms with Crippen LogP contribution in [0.25, 0.3) is 0 Å². The average Bonchev–Trinajstić information content (AvgIpc) is 2.34. The third-order valence-electron chi connectivity index (χ3n) is 2.24. The molecule has 0 rings (SSSR count). The van der Waals surface area contributed by atoms with Crippen molar-refractivity contribution in [2.75, 3.05) is 45.7 Å². The van der Waals surface area contributed by atoms with Crippen molar-refractivity contribution in [3.8, 4) is 0 Å². The van der Waals surface area contributed by atoms with E-state index in [9.17, 15) is 4.57 Å². The van der Waals surface area contributed by atoms with E-state index in [-0.39, 0.29) is 6.61 Å². The minimum atomic E-state index is -3.36. The van der Waals surface area contributed by atoms with Crippen LogP contribution in [-0.4, -0.2) is 56.6 Å². The van der Waals surface area contributed by atoms with Gasteiger partial charge in [0.25, 0.3) is 0 Å². The van der Waals surface area contributed by atoms with E-state index in [1.54, 1.807) is 0 Å². The number of methoxy groups -OCH3 is 2. The Morgan fingerprint density at radius 2 is 1.72 bits per heavy atom. The van der Waals surface area contributed by atoms with Crippen molar-refractivity contribution < 1.29 is 18.6 Å². The van der Waals surface area contributed by atoms with Gasteiger partial charge in [-0.3, -0.25) is 4.57 Å². The Balaban J connectivity index is 4.21. The number of nitrogens with two attached hydrogens (primary N) is 1. The van der Waals surface area contributed by atoms with Gasteiger partial charge in [-0.2, -0.15) is 0 Å². The van der Waals surface area contributed by atoms with E-state index in [1.165, 1.54) is 18.9 Å². The van der Waals surface area contributed by atoms with E-state index in [0.717, 1.165) is 0 Å². The predicted octanol–water partition coefficient (Wildman–Crippen LogP) is 1.86. The Morgan fingerprint density at radius 3 is 2.11 bits per heavy atom. The van der Waals surface area contributed by atoms with Crippen LogP contribution in [0.2, 0.25) is 0 Å². The van der Waals surface area contributed by atoms with Crippen molar-refractivity contribution in [3.63, 3.8) is 0 Å². The second kappa shape index (κ2) is 10.4. The highest BCUT2D eigenvalue weighted by Gasteiger charge is 2.26. The molecule has 2 N–H and O–H groups in total. The molecule has 9 heteroatoms. The van der Waals surface area contributed by atoms with Gasteiger partial charge in [0.1, 0.15) is 0 Å².